The van der Waals surface area contributed by atoms with Gasteiger partial charge in [0.25, 0.3) is 0 Å². The third kappa shape index (κ3) is 7.72. The predicted octanol–water partition coefficient (Wildman–Crippen LogP) is 3.78. The molecule has 0 unspecified atom stereocenters. The fourth-order valence-electron chi connectivity index (χ4n) is 5.25. The van der Waals surface area contributed by atoms with Crippen LogP contribution in [0.1, 0.15) is 97.8 Å². The average molecular weight is 472 g/mol. The van der Waals surface area contributed by atoms with Gasteiger partial charge >= 0.3 is 0 Å². The maximum Gasteiger partial charge on any atom is 0.238 e. The molecule has 0 aromatic carbocycles. The summed E-state index contributed by atoms with van der Waals surface area (Å²) in [6.45, 7) is 6.53. The van der Waals surface area contributed by atoms with Gasteiger partial charge < -0.3 is 9.80 Å². The van der Waals surface area contributed by atoms with Crippen molar-refractivity contribution in [1.29, 1.82) is 0 Å². The number of carbonyl (C=O) groups is 2. The van der Waals surface area contributed by atoms with E-state index in [4.69, 9.17) is 0 Å². The number of likely N-dealkylation sites (N-methyl/N-ethyl adjacent to an activating group) is 2. The standard InChI is InChI=1S/C24H45N3O4S/c1-4-7-18-32(30,31)25(19-23(28)26(5-2)21-14-10-8-11-15-21)20-24(29)27(6-3)22-16-12-9-13-17-22/h21-22H,4-20H2,1-3H3. The van der Waals surface area contributed by atoms with E-state index in [-0.39, 0.29) is 42.7 Å². The van der Waals surface area contributed by atoms with E-state index in [0.29, 0.717) is 19.5 Å². The van der Waals surface area contributed by atoms with Gasteiger partial charge in [-0.1, -0.05) is 51.9 Å². The third-order valence-electron chi connectivity index (χ3n) is 7.13. The average Bonchev–Trinajstić information content (AvgIpc) is 2.79. The highest BCUT2D eigenvalue weighted by molar-refractivity contribution is 7.89. The van der Waals surface area contributed by atoms with Gasteiger partial charge in [-0.05, 0) is 46.0 Å². The Balaban J connectivity index is 2.15. The summed E-state index contributed by atoms with van der Waals surface area (Å²) >= 11 is 0. The molecule has 0 radical (unpaired) electrons. The van der Waals surface area contributed by atoms with Crippen LogP contribution in [0.3, 0.4) is 0 Å². The van der Waals surface area contributed by atoms with Crippen LogP contribution in [0.2, 0.25) is 0 Å². The van der Waals surface area contributed by atoms with Gasteiger partial charge in [0.15, 0.2) is 0 Å². The Morgan fingerprint density at radius 1 is 0.719 bits per heavy atom. The van der Waals surface area contributed by atoms with Gasteiger partial charge in [-0.2, -0.15) is 4.31 Å². The number of carbonyl (C=O) groups excluding carboxylic acids is 2. The maximum absolute atomic E-state index is 13.2. The van der Waals surface area contributed by atoms with Crippen molar-refractivity contribution >= 4 is 21.8 Å². The first-order valence-corrected chi connectivity index (χ1v) is 14.5. The van der Waals surface area contributed by atoms with Crippen LogP contribution >= 0.6 is 0 Å². The zero-order chi connectivity index (χ0) is 23.6. The molecule has 0 spiro atoms. The highest BCUT2D eigenvalue weighted by Crippen LogP contribution is 2.24. The first-order valence-electron chi connectivity index (χ1n) is 12.9. The minimum absolute atomic E-state index is 0.0187. The van der Waals surface area contributed by atoms with E-state index < -0.39 is 10.0 Å². The lowest BCUT2D eigenvalue weighted by molar-refractivity contribution is -0.136. The molecule has 7 nitrogen and oxygen atoms in total. The lowest BCUT2D eigenvalue weighted by Crippen LogP contribution is -2.52. The van der Waals surface area contributed by atoms with E-state index in [2.05, 4.69) is 0 Å². The molecule has 2 fully saturated rings. The smallest absolute Gasteiger partial charge is 0.238 e. The van der Waals surface area contributed by atoms with E-state index in [1.165, 1.54) is 17.1 Å². The monoisotopic (exact) mass is 471 g/mol. The molecule has 0 heterocycles. The lowest BCUT2D eigenvalue weighted by Gasteiger charge is -2.36. The molecule has 0 aromatic heterocycles. The number of hydrogen-bond donors (Lipinski definition) is 0. The first-order chi connectivity index (χ1) is 15.3. The fraction of sp³-hybridized carbons (Fsp3) is 0.917. The Kier molecular flexibility index (Phi) is 11.5. The van der Waals surface area contributed by atoms with Crippen molar-refractivity contribution < 1.29 is 18.0 Å². The molecule has 0 aliphatic heterocycles. The van der Waals surface area contributed by atoms with E-state index >= 15 is 0 Å². The molecule has 0 N–H and O–H groups in total. The van der Waals surface area contributed by atoms with Crippen LogP contribution in [-0.2, 0) is 19.6 Å². The van der Waals surface area contributed by atoms with Crippen LogP contribution < -0.4 is 0 Å². The highest BCUT2D eigenvalue weighted by Gasteiger charge is 2.33. The van der Waals surface area contributed by atoms with Gasteiger partial charge in [-0.25, -0.2) is 8.42 Å². The fourth-order valence-corrected chi connectivity index (χ4v) is 6.78. The maximum atomic E-state index is 13.2. The first kappa shape index (κ1) is 27.1. The molecule has 0 saturated heterocycles. The number of hydrogen-bond acceptors (Lipinski definition) is 4. The Morgan fingerprint density at radius 3 is 1.47 bits per heavy atom. The number of amides is 2. The largest absolute Gasteiger partial charge is 0.339 e. The highest BCUT2D eigenvalue weighted by atomic mass is 32.2. The van der Waals surface area contributed by atoms with E-state index in [1.807, 2.05) is 30.6 Å². The molecule has 8 heteroatoms. The minimum atomic E-state index is -3.68. The zero-order valence-electron chi connectivity index (χ0n) is 20.6. The van der Waals surface area contributed by atoms with Crippen molar-refractivity contribution in [3.8, 4) is 0 Å². The van der Waals surface area contributed by atoms with Crippen molar-refractivity contribution in [1.82, 2.24) is 14.1 Å². The Morgan fingerprint density at radius 2 is 1.12 bits per heavy atom. The molecular weight excluding hydrogens is 426 g/mol. The van der Waals surface area contributed by atoms with Crippen LogP contribution in [-0.4, -0.2) is 78.4 Å². The van der Waals surface area contributed by atoms with E-state index in [0.717, 1.165) is 57.8 Å². The van der Waals surface area contributed by atoms with Crippen molar-refractivity contribution in [2.75, 3.05) is 31.9 Å². The molecule has 2 saturated carbocycles. The SMILES string of the molecule is CCCCS(=O)(=O)N(CC(=O)N(CC)C1CCCCC1)CC(=O)N(CC)C1CCCCC1. The van der Waals surface area contributed by atoms with Gasteiger partial charge in [-0.15, -0.1) is 0 Å². The van der Waals surface area contributed by atoms with Crippen LogP contribution in [0, 0.1) is 0 Å². The summed E-state index contributed by atoms with van der Waals surface area (Å²) in [6, 6.07) is 0.373. The predicted molar refractivity (Wildman–Crippen MR) is 129 cm³/mol. The molecule has 0 atom stereocenters. The summed E-state index contributed by atoms with van der Waals surface area (Å²) in [6.07, 6.45) is 12.0. The summed E-state index contributed by atoms with van der Waals surface area (Å²) in [5.41, 5.74) is 0. The second-order valence-corrected chi connectivity index (χ2v) is 11.5. The Hall–Kier alpha value is -1.15. The topological polar surface area (TPSA) is 78.0 Å². The molecule has 186 valence electrons. The molecule has 32 heavy (non-hydrogen) atoms. The van der Waals surface area contributed by atoms with Gasteiger partial charge in [0.05, 0.1) is 18.8 Å². The Bertz CT molecular complexity index is 645. The molecule has 0 aromatic rings. The van der Waals surface area contributed by atoms with Crippen molar-refractivity contribution in [2.45, 2.75) is 110 Å². The summed E-state index contributed by atoms with van der Waals surface area (Å²) in [5, 5.41) is 0. The van der Waals surface area contributed by atoms with Gasteiger partial charge in [0, 0.05) is 25.2 Å². The molecule has 2 rings (SSSR count). The second kappa shape index (κ2) is 13.5. The van der Waals surface area contributed by atoms with Gasteiger partial charge in [0.1, 0.15) is 0 Å². The lowest BCUT2D eigenvalue weighted by atomic mass is 9.94. The number of nitrogens with zero attached hydrogens (tertiary/aromatic N) is 3. The summed E-state index contributed by atoms with van der Waals surface area (Å²) in [5.74, 6) is -0.365. The number of rotatable bonds is 12. The van der Waals surface area contributed by atoms with Gasteiger partial charge in [-0.3, -0.25) is 9.59 Å². The quantitative estimate of drug-likeness (QED) is 0.434. The van der Waals surface area contributed by atoms with Crippen LogP contribution in [0.5, 0.6) is 0 Å². The number of sulfonamides is 1. The molecule has 2 amide bonds. The summed E-state index contributed by atoms with van der Waals surface area (Å²) < 4.78 is 27.4. The van der Waals surface area contributed by atoms with Gasteiger partial charge in [0.2, 0.25) is 21.8 Å². The van der Waals surface area contributed by atoms with Crippen molar-refractivity contribution in [3.05, 3.63) is 0 Å². The van der Waals surface area contributed by atoms with E-state index in [1.54, 1.807) is 0 Å². The summed E-state index contributed by atoms with van der Waals surface area (Å²) in [7, 11) is -3.68. The molecule has 2 aliphatic carbocycles. The van der Waals surface area contributed by atoms with Crippen LogP contribution in [0.4, 0.5) is 0 Å². The molecule has 0 bridgehead atoms. The molecule has 2 aliphatic rings. The van der Waals surface area contributed by atoms with E-state index in [9.17, 15) is 18.0 Å². The molecular formula is C24H45N3O4S. The normalized spacial score (nSPS) is 18.6. The zero-order valence-corrected chi connectivity index (χ0v) is 21.4. The number of unbranched alkanes of at least 4 members (excludes halogenated alkanes) is 1. The van der Waals surface area contributed by atoms with Crippen molar-refractivity contribution in [3.63, 3.8) is 0 Å². The van der Waals surface area contributed by atoms with Crippen molar-refractivity contribution in [2.24, 2.45) is 0 Å². The van der Waals surface area contributed by atoms with Crippen LogP contribution in [0.15, 0.2) is 0 Å². The second-order valence-electron chi connectivity index (χ2n) is 9.38. The van der Waals surface area contributed by atoms with Crippen LogP contribution in [0.25, 0.3) is 0 Å². The third-order valence-corrected chi connectivity index (χ3v) is 8.98. The summed E-state index contributed by atoms with van der Waals surface area (Å²) in [4.78, 5) is 30.1. The Labute approximate surface area is 195 Å². The minimum Gasteiger partial charge on any atom is -0.339 e.